The smallest absolute Gasteiger partial charge is 0.162 e. The van der Waals surface area contributed by atoms with Gasteiger partial charge in [0.2, 0.25) is 0 Å². The van der Waals surface area contributed by atoms with Crippen LogP contribution in [0.15, 0.2) is 48.5 Å². The van der Waals surface area contributed by atoms with E-state index in [1.165, 1.54) is 0 Å². The highest BCUT2D eigenvalue weighted by atomic mass is 35.5. The Kier molecular flexibility index (Phi) is 2.61. The van der Waals surface area contributed by atoms with Gasteiger partial charge in [-0.3, -0.25) is 0 Å². The fraction of sp³-hybridized carbons (Fsp3) is 0. The Balaban J connectivity index is 2.29. The zero-order valence-electron chi connectivity index (χ0n) is 9.47. The third-order valence-electron chi connectivity index (χ3n) is 2.73. The second kappa shape index (κ2) is 4.27. The zero-order valence-corrected chi connectivity index (χ0v) is 10.2. The lowest BCUT2D eigenvalue weighted by atomic mass is 10.2. The summed E-state index contributed by atoms with van der Waals surface area (Å²) in [6.07, 6.45) is 0. The van der Waals surface area contributed by atoms with Crippen LogP contribution < -0.4 is 5.73 Å². The summed E-state index contributed by atoms with van der Waals surface area (Å²) in [6.45, 7) is 0. The fourth-order valence-corrected chi connectivity index (χ4v) is 2.15. The van der Waals surface area contributed by atoms with Crippen LogP contribution >= 0.6 is 11.6 Å². The first-order valence-corrected chi connectivity index (χ1v) is 5.90. The van der Waals surface area contributed by atoms with Gasteiger partial charge in [-0.05, 0) is 12.1 Å². The van der Waals surface area contributed by atoms with Crippen molar-refractivity contribution in [1.29, 1.82) is 0 Å². The summed E-state index contributed by atoms with van der Waals surface area (Å²) in [6, 6.07) is 15.2. The van der Waals surface area contributed by atoms with Crippen LogP contribution in [-0.2, 0) is 0 Å². The van der Waals surface area contributed by atoms with E-state index in [9.17, 15) is 0 Å². The molecule has 2 aromatic carbocycles. The monoisotopic (exact) mass is 255 g/mol. The number of benzene rings is 2. The van der Waals surface area contributed by atoms with Crippen molar-refractivity contribution in [2.45, 2.75) is 0 Å². The average molecular weight is 256 g/mol. The molecule has 4 heteroatoms. The molecule has 0 aliphatic heterocycles. The Bertz CT molecular complexity index is 711. The molecule has 0 amide bonds. The molecule has 0 bridgehead atoms. The van der Waals surface area contributed by atoms with Crippen LogP contribution in [0, 0.1) is 0 Å². The van der Waals surface area contributed by atoms with Crippen LogP contribution in [0.25, 0.3) is 22.3 Å². The third-order valence-corrected chi connectivity index (χ3v) is 3.05. The number of rotatable bonds is 1. The summed E-state index contributed by atoms with van der Waals surface area (Å²) in [7, 11) is 0. The summed E-state index contributed by atoms with van der Waals surface area (Å²) in [5.41, 5.74) is 7.65. The molecule has 3 rings (SSSR count). The number of nitrogens with two attached hydrogens (primary N) is 1. The highest BCUT2D eigenvalue weighted by Crippen LogP contribution is 2.28. The lowest BCUT2D eigenvalue weighted by Crippen LogP contribution is -1.98. The summed E-state index contributed by atoms with van der Waals surface area (Å²) in [5.74, 6) is 1.02. The highest BCUT2D eigenvalue weighted by molar-refractivity contribution is 6.36. The Morgan fingerprint density at radius 3 is 2.44 bits per heavy atom. The molecule has 3 nitrogen and oxygen atoms in total. The van der Waals surface area contributed by atoms with Gasteiger partial charge >= 0.3 is 0 Å². The summed E-state index contributed by atoms with van der Waals surface area (Å²) in [5, 5.41) is 1.28. The molecule has 1 aromatic heterocycles. The standard InChI is InChI=1S/C14H10ClN3/c15-10-7-4-8-11-12(10)13(16)18-14(17-11)9-5-2-1-3-6-9/h1-8H,(H2,16,17,18). The van der Waals surface area contributed by atoms with Crippen molar-refractivity contribution in [1.82, 2.24) is 9.97 Å². The number of nitrogens with zero attached hydrogens (tertiary/aromatic N) is 2. The molecule has 0 atom stereocenters. The van der Waals surface area contributed by atoms with Crippen molar-refractivity contribution in [2.75, 3.05) is 5.73 Å². The first-order valence-electron chi connectivity index (χ1n) is 5.53. The molecule has 0 fully saturated rings. The zero-order chi connectivity index (χ0) is 12.5. The molecule has 0 unspecified atom stereocenters. The number of nitrogen functional groups attached to an aromatic ring is 1. The van der Waals surface area contributed by atoms with Gasteiger partial charge in [0.25, 0.3) is 0 Å². The maximum absolute atomic E-state index is 6.10. The van der Waals surface area contributed by atoms with E-state index in [2.05, 4.69) is 9.97 Å². The van der Waals surface area contributed by atoms with Crippen LogP contribution in [0.3, 0.4) is 0 Å². The predicted molar refractivity (Wildman–Crippen MR) is 74.4 cm³/mol. The maximum Gasteiger partial charge on any atom is 0.162 e. The van der Waals surface area contributed by atoms with Crippen LogP contribution in [0.2, 0.25) is 5.02 Å². The van der Waals surface area contributed by atoms with Gasteiger partial charge in [0.05, 0.1) is 15.9 Å². The van der Waals surface area contributed by atoms with Gasteiger partial charge in [-0.15, -0.1) is 0 Å². The minimum absolute atomic E-state index is 0.407. The van der Waals surface area contributed by atoms with E-state index in [0.29, 0.717) is 22.1 Å². The van der Waals surface area contributed by atoms with E-state index in [1.54, 1.807) is 6.07 Å². The van der Waals surface area contributed by atoms with Gasteiger partial charge in [0.1, 0.15) is 5.82 Å². The van der Waals surface area contributed by atoms with Gasteiger partial charge < -0.3 is 5.73 Å². The van der Waals surface area contributed by atoms with Gasteiger partial charge in [0.15, 0.2) is 5.82 Å². The summed E-state index contributed by atoms with van der Waals surface area (Å²) < 4.78 is 0. The van der Waals surface area contributed by atoms with Gasteiger partial charge in [-0.2, -0.15) is 0 Å². The number of fused-ring (bicyclic) bond motifs is 1. The molecule has 0 saturated carbocycles. The van der Waals surface area contributed by atoms with E-state index >= 15 is 0 Å². The molecule has 0 radical (unpaired) electrons. The summed E-state index contributed by atoms with van der Waals surface area (Å²) >= 11 is 6.10. The minimum Gasteiger partial charge on any atom is -0.383 e. The largest absolute Gasteiger partial charge is 0.383 e. The number of halogens is 1. The maximum atomic E-state index is 6.10. The normalized spacial score (nSPS) is 10.7. The van der Waals surface area contributed by atoms with Crippen LogP contribution in [0.5, 0.6) is 0 Å². The Labute approximate surface area is 109 Å². The van der Waals surface area contributed by atoms with Gasteiger partial charge in [-0.25, -0.2) is 9.97 Å². The Morgan fingerprint density at radius 2 is 1.67 bits per heavy atom. The first-order chi connectivity index (χ1) is 8.75. The fourth-order valence-electron chi connectivity index (χ4n) is 1.88. The molecular formula is C14H10ClN3. The van der Waals surface area contributed by atoms with E-state index in [-0.39, 0.29) is 0 Å². The van der Waals surface area contributed by atoms with E-state index in [0.717, 1.165) is 11.1 Å². The van der Waals surface area contributed by atoms with Crippen molar-refractivity contribution in [3.05, 3.63) is 53.6 Å². The number of anilines is 1. The molecular weight excluding hydrogens is 246 g/mol. The van der Waals surface area contributed by atoms with Crippen molar-refractivity contribution in [3.8, 4) is 11.4 Å². The number of hydrogen-bond acceptors (Lipinski definition) is 3. The molecule has 0 aliphatic rings. The van der Waals surface area contributed by atoms with Crippen LogP contribution in [0.4, 0.5) is 5.82 Å². The Morgan fingerprint density at radius 1 is 0.889 bits per heavy atom. The number of hydrogen-bond donors (Lipinski definition) is 1. The molecule has 0 spiro atoms. The van der Waals surface area contributed by atoms with Crippen molar-refractivity contribution >= 4 is 28.3 Å². The molecule has 2 N–H and O–H groups in total. The quantitative estimate of drug-likeness (QED) is 0.724. The van der Waals surface area contributed by atoms with E-state index < -0.39 is 0 Å². The van der Waals surface area contributed by atoms with Gasteiger partial charge in [-0.1, -0.05) is 48.0 Å². The second-order valence-corrected chi connectivity index (χ2v) is 4.34. The molecule has 0 aliphatic carbocycles. The molecule has 0 saturated heterocycles. The second-order valence-electron chi connectivity index (χ2n) is 3.93. The van der Waals surface area contributed by atoms with Crippen LogP contribution in [-0.4, -0.2) is 9.97 Å². The molecule has 3 aromatic rings. The molecule has 1 heterocycles. The average Bonchev–Trinajstić information content (AvgIpc) is 2.39. The predicted octanol–water partition coefficient (Wildman–Crippen LogP) is 3.53. The minimum atomic E-state index is 0.407. The van der Waals surface area contributed by atoms with E-state index in [1.807, 2.05) is 42.5 Å². The van der Waals surface area contributed by atoms with E-state index in [4.69, 9.17) is 17.3 Å². The highest BCUT2D eigenvalue weighted by Gasteiger charge is 2.09. The third kappa shape index (κ3) is 1.79. The summed E-state index contributed by atoms with van der Waals surface area (Å²) in [4.78, 5) is 8.81. The topological polar surface area (TPSA) is 51.8 Å². The van der Waals surface area contributed by atoms with Crippen molar-refractivity contribution < 1.29 is 0 Å². The van der Waals surface area contributed by atoms with Crippen molar-refractivity contribution in [2.24, 2.45) is 0 Å². The Hall–Kier alpha value is -2.13. The SMILES string of the molecule is Nc1nc(-c2ccccc2)nc2cccc(Cl)c12. The lowest BCUT2D eigenvalue weighted by molar-refractivity contribution is 1.23. The van der Waals surface area contributed by atoms with Crippen LogP contribution in [0.1, 0.15) is 0 Å². The molecule has 18 heavy (non-hydrogen) atoms. The number of aromatic nitrogens is 2. The van der Waals surface area contributed by atoms with Gasteiger partial charge in [0, 0.05) is 5.56 Å². The lowest BCUT2D eigenvalue weighted by Gasteiger charge is -2.06. The van der Waals surface area contributed by atoms with Crippen molar-refractivity contribution in [3.63, 3.8) is 0 Å². The molecule has 88 valence electrons. The first kappa shape index (κ1) is 11.0.